The van der Waals surface area contributed by atoms with E-state index in [2.05, 4.69) is 15.4 Å². The van der Waals surface area contributed by atoms with Gasteiger partial charge in [0.25, 0.3) is 0 Å². The summed E-state index contributed by atoms with van der Waals surface area (Å²) in [5.74, 6) is 0.880. The summed E-state index contributed by atoms with van der Waals surface area (Å²) in [5.41, 5.74) is 2.20. The van der Waals surface area contributed by atoms with E-state index in [0.29, 0.717) is 27.4 Å². The molecule has 1 aromatic heterocycles. The van der Waals surface area contributed by atoms with Crippen molar-refractivity contribution in [3.63, 3.8) is 0 Å². The topological polar surface area (TPSA) is 59.8 Å². The molecular weight excluding hydrogens is 407 g/mol. The van der Waals surface area contributed by atoms with Crippen molar-refractivity contribution in [3.8, 4) is 22.8 Å². The molecule has 4 aromatic rings. The van der Waals surface area contributed by atoms with Gasteiger partial charge in [-0.05, 0) is 12.1 Å². The first kappa shape index (κ1) is 19.2. The summed E-state index contributed by atoms with van der Waals surface area (Å²) in [7, 11) is 0. The van der Waals surface area contributed by atoms with Crippen LogP contribution in [-0.4, -0.2) is 20.7 Å². The molecule has 0 bridgehead atoms. The summed E-state index contributed by atoms with van der Waals surface area (Å²) in [6.07, 6.45) is 0. The highest BCUT2D eigenvalue weighted by Gasteiger charge is 2.16. The van der Waals surface area contributed by atoms with Gasteiger partial charge < -0.3 is 5.32 Å². The van der Waals surface area contributed by atoms with Crippen LogP contribution in [0.1, 0.15) is 0 Å². The molecule has 0 aliphatic rings. The van der Waals surface area contributed by atoms with Crippen molar-refractivity contribution in [2.24, 2.45) is 0 Å². The molecular formula is C22H16Cl2N4O. The molecule has 5 nitrogen and oxygen atoms in total. The molecule has 0 fully saturated rings. The van der Waals surface area contributed by atoms with E-state index in [1.54, 1.807) is 22.9 Å². The molecule has 1 N–H and O–H groups in total. The van der Waals surface area contributed by atoms with Gasteiger partial charge in [-0.3, -0.25) is 4.79 Å². The van der Waals surface area contributed by atoms with Crippen LogP contribution in [0.3, 0.4) is 0 Å². The molecule has 0 aliphatic heterocycles. The highest BCUT2D eigenvalue weighted by atomic mass is 35.5. The number of anilines is 1. The minimum atomic E-state index is -0.282. The Morgan fingerprint density at radius 1 is 0.862 bits per heavy atom. The number of halogens is 2. The lowest BCUT2D eigenvalue weighted by Crippen LogP contribution is -2.20. The number of benzene rings is 3. The van der Waals surface area contributed by atoms with Crippen LogP contribution in [0.15, 0.2) is 78.9 Å². The molecule has 0 unspecified atom stereocenters. The third-order valence-electron chi connectivity index (χ3n) is 4.25. The Kier molecular flexibility index (Phi) is 5.60. The lowest BCUT2D eigenvalue weighted by atomic mass is 10.2. The van der Waals surface area contributed by atoms with Crippen LogP contribution < -0.4 is 5.32 Å². The minimum Gasteiger partial charge on any atom is -0.323 e. The van der Waals surface area contributed by atoms with Crippen molar-refractivity contribution in [1.29, 1.82) is 0 Å². The van der Waals surface area contributed by atoms with Gasteiger partial charge in [0.1, 0.15) is 6.54 Å². The van der Waals surface area contributed by atoms with E-state index in [-0.39, 0.29) is 12.5 Å². The second kappa shape index (κ2) is 8.47. The van der Waals surface area contributed by atoms with Gasteiger partial charge in [0.05, 0.1) is 15.7 Å². The van der Waals surface area contributed by atoms with E-state index in [1.165, 1.54) is 0 Å². The van der Waals surface area contributed by atoms with Gasteiger partial charge in [-0.25, -0.2) is 9.67 Å². The standard InChI is InChI=1S/C22H16Cl2N4O/c23-17-12-7-13-18(20(17)24)25-19(29)14-28-22(16-10-5-2-6-11-16)26-21(27-28)15-8-3-1-4-9-15/h1-13H,14H2,(H,25,29). The molecule has 144 valence electrons. The second-order valence-corrected chi connectivity index (χ2v) is 7.08. The van der Waals surface area contributed by atoms with Gasteiger partial charge in [-0.15, -0.1) is 5.10 Å². The van der Waals surface area contributed by atoms with Gasteiger partial charge in [0.15, 0.2) is 11.6 Å². The molecule has 4 rings (SSSR count). The molecule has 0 radical (unpaired) electrons. The molecule has 0 saturated heterocycles. The highest BCUT2D eigenvalue weighted by Crippen LogP contribution is 2.29. The van der Waals surface area contributed by atoms with Crippen LogP contribution in [-0.2, 0) is 11.3 Å². The van der Waals surface area contributed by atoms with E-state index in [4.69, 9.17) is 23.2 Å². The molecule has 1 amide bonds. The maximum Gasteiger partial charge on any atom is 0.246 e. The van der Waals surface area contributed by atoms with Crippen molar-refractivity contribution in [2.45, 2.75) is 6.54 Å². The van der Waals surface area contributed by atoms with Crippen LogP contribution in [0, 0.1) is 0 Å². The summed E-state index contributed by atoms with van der Waals surface area (Å²) < 4.78 is 1.59. The number of nitrogens with zero attached hydrogens (tertiary/aromatic N) is 3. The Balaban J connectivity index is 1.66. The minimum absolute atomic E-state index is 0.0209. The van der Waals surface area contributed by atoms with Crippen molar-refractivity contribution in [2.75, 3.05) is 5.32 Å². The third kappa shape index (κ3) is 4.31. The number of hydrogen-bond donors (Lipinski definition) is 1. The predicted molar refractivity (Wildman–Crippen MR) is 116 cm³/mol. The SMILES string of the molecule is O=C(Cn1nc(-c2ccccc2)nc1-c1ccccc1)Nc1cccc(Cl)c1Cl. The van der Waals surface area contributed by atoms with Gasteiger partial charge >= 0.3 is 0 Å². The molecule has 7 heteroatoms. The van der Waals surface area contributed by atoms with Crippen LogP contribution in [0.25, 0.3) is 22.8 Å². The zero-order chi connectivity index (χ0) is 20.2. The quantitative estimate of drug-likeness (QED) is 0.457. The Hall–Kier alpha value is -3.15. The van der Waals surface area contributed by atoms with Gasteiger partial charge in [-0.2, -0.15) is 0 Å². The van der Waals surface area contributed by atoms with E-state index in [1.807, 2.05) is 60.7 Å². The summed E-state index contributed by atoms with van der Waals surface area (Å²) in [4.78, 5) is 17.3. The monoisotopic (exact) mass is 422 g/mol. The van der Waals surface area contributed by atoms with Crippen LogP contribution >= 0.6 is 23.2 Å². The van der Waals surface area contributed by atoms with E-state index in [9.17, 15) is 4.79 Å². The van der Waals surface area contributed by atoms with Gasteiger partial charge in [-0.1, -0.05) is 89.9 Å². The molecule has 1 heterocycles. The van der Waals surface area contributed by atoms with E-state index >= 15 is 0 Å². The number of hydrogen-bond acceptors (Lipinski definition) is 3. The number of rotatable bonds is 5. The van der Waals surface area contributed by atoms with Crippen molar-refractivity contribution >= 4 is 34.8 Å². The number of carbonyl (C=O) groups is 1. The fourth-order valence-corrected chi connectivity index (χ4v) is 3.24. The van der Waals surface area contributed by atoms with Crippen molar-refractivity contribution in [1.82, 2.24) is 14.8 Å². The van der Waals surface area contributed by atoms with Crippen molar-refractivity contribution in [3.05, 3.63) is 88.9 Å². The van der Waals surface area contributed by atoms with Gasteiger partial charge in [0, 0.05) is 11.1 Å². The number of aromatic nitrogens is 3. The molecule has 29 heavy (non-hydrogen) atoms. The molecule has 3 aromatic carbocycles. The number of amides is 1. The summed E-state index contributed by atoms with van der Waals surface area (Å²) in [6, 6.07) is 24.3. The van der Waals surface area contributed by atoms with E-state index in [0.717, 1.165) is 11.1 Å². The summed E-state index contributed by atoms with van der Waals surface area (Å²) in [6.45, 7) is -0.0209. The summed E-state index contributed by atoms with van der Waals surface area (Å²) in [5, 5.41) is 8.02. The average molecular weight is 423 g/mol. The molecule has 0 spiro atoms. The number of carbonyl (C=O) groups excluding carboxylic acids is 1. The Morgan fingerprint density at radius 2 is 1.52 bits per heavy atom. The Labute approximate surface area is 177 Å². The Morgan fingerprint density at radius 3 is 2.21 bits per heavy atom. The lowest BCUT2D eigenvalue weighted by Gasteiger charge is -2.09. The van der Waals surface area contributed by atoms with Crippen molar-refractivity contribution < 1.29 is 4.79 Å². The van der Waals surface area contributed by atoms with Crippen LogP contribution in [0.4, 0.5) is 5.69 Å². The largest absolute Gasteiger partial charge is 0.323 e. The second-order valence-electron chi connectivity index (χ2n) is 6.30. The Bertz CT molecular complexity index is 1140. The first-order valence-electron chi connectivity index (χ1n) is 8.91. The normalized spacial score (nSPS) is 10.7. The first-order valence-corrected chi connectivity index (χ1v) is 9.67. The van der Waals surface area contributed by atoms with Crippen LogP contribution in [0.2, 0.25) is 10.0 Å². The fraction of sp³-hybridized carbons (Fsp3) is 0.0455. The van der Waals surface area contributed by atoms with E-state index < -0.39 is 0 Å². The lowest BCUT2D eigenvalue weighted by molar-refractivity contribution is -0.116. The fourth-order valence-electron chi connectivity index (χ4n) is 2.89. The smallest absolute Gasteiger partial charge is 0.246 e. The number of nitrogens with one attached hydrogen (secondary N) is 1. The highest BCUT2D eigenvalue weighted by molar-refractivity contribution is 6.43. The maximum absolute atomic E-state index is 12.7. The maximum atomic E-state index is 12.7. The molecule has 0 atom stereocenters. The van der Waals surface area contributed by atoms with Gasteiger partial charge in [0.2, 0.25) is 5.91 Å². The zero-order valence-electron chi connectivity index (χ0n) is 15.2. The predicted octanol–water partition coefficient (Wildman–Crippen LogP) is 5.56. The van der Waals surface area contributed by atoms with Crippen LogP contribution in [0.5, 0.6) is 0 Å². The zero-order valence-corrected chi connectivity index (χ0v) is 16.7. The third-order valence-corrected chi connectivity index (χ3v) is 5.07. The first-order chi connectivity index (χ1) is 14.1. The molecule has 0 saturated carbocycles. The average Bonchev–Trinajstić information content (AvgIpc) is 3.16. The molecule has 0 aliphatic carbocycles. The summed E-state index contributed by atoms with van der Waals surface area (Å²) >= 11 is 12.2.